The summed E-state index contributed by atoms with van der Waals surface area (Å²) in [6.45, 7) is 4.61. The molecular formula is C12H14Cl2N4O. The highest BCUT2D eigenvalue weighted by molar-refractivity contribution is 6.43. The first-order valence-corrected chi connectivity index (χ1v) is 6.58. The SMILES string of the molecule is CC(C)NCc1nnc(Nc2cccc(Cl)c2Cl)o1. The van der Waals surface area contributed by atoms with Crippen molar-refractivity contribution in [3.8, 4) is 0 Å². The van der Waals surface area contributed by atoms with Crippen LogP contribution in [0.25, 0.3) is 0 Å². The van der Waals surface area contributed by atoms with Gasteiger partial charge in [0.2, 0.25) is 5.89 Å². The van der Waals surface area contributed by atoms with E-state index in [0.29, 0.717) is 34.2 Å². The summed E-state index contributed by atoms with van der Waals surface area (Å²) in [5.74, 6) is 0.509. The molecule has 2 rings (SSSR count). The van der Waals surface area contributed by atoms with Crippen molar-refractivity contribution in [2.45, 2.75) is 26.4 Å². The Labute approximate surface area is 121 Å². The highest BCUT2D eigenvalue weighted by Crippen LogP contribution is 2.31. The van der Waals surface area contributed by atoms with Gasteiger partial charge in [-0.15, -0.1) is 5.10 Å². The molecule has 5 nitrogen and oxygen atoms in total. The monoisotopic (exact) mass is 300 g/mol. The molecule has 1 aromatic carbocycles. The lowest BCUT2D eigenvalue weighted by atomic mass is 10.3. The van der Waals surface area contributed by atoms with Gasteiger partial charge < -0.3 is 15.1 Å². The van der Waals surface area contributed by atoms with Crippen molar-refractivity contribution in [3.05, 3.63) is 34.1 Å². The fourth-order valence-corrected chi connectivity index (χ4v) is 1.73. The van der Waals surface area contributed by atoms with Crippen molar-refractivity contribution < 1.29 is 4.42 Å². The van der Waals surface area contributed by atoms with Crippen LogP contribution in [0.2, 0.25) is 10.0 Å². The second kappa shape index (κ2) is 6.23. The van der Waals surface area contributed by atoms with Gasteiger partial charge in [0, 0.05) is 6.04 Å². The standard InChI is InChI=1S/C12H14Cl2N4O/c1-7(2)15-6-10-17-18-12(19-10)16-9-5-3-4-8(13)11(9)14/h3-5,7,15H,6H2,1-2H3,(H,16,18). The number of aromatic nitrogens is 2. The van der Waals surface area contributed by atoms with Crippen molar-refractivity contribution in [1.82, 2.24) is 15.5 Å². The summed E-state index contributed by atoms with van der Waals surface area (Å²) in [7, 11) is 0. The second-order valence-corrected chi connectivity index (χ2v) is 5.05. The molecule has 0 aliphatic heterocycles. The van der Waals surface area contributed by atoms with E-state index in [0.717, 1.165) is 0 Å². The summed E-state index contributed by atoms with van der Waals surface area (Å²) in [5, 5.41) is 14.8. The number of halogens is 2. The van der Waals surface area contributed by atoms with Crippen molar-refractivity contribution in [2.75, 3.05) is 5.32 Å². The average Bonchev–Trinajstić information content (AvgIpc) is 2.80. The number of nitrogens with zero attached hydrogens (tertiary/aromatic N) is 2. The minimum Gasteiger partial charge on any atom is -0.406 e. The highest BCUT2D eigenvalue weighted by Gasteiger charge is 2.09. The van der Waals surface area contributed by atoms with Gasteiger partial charge in [-0.25, -0.2) is 0 Å². The van der Waals surface area contributed by atoms with Crippen molar-refractivity contribution in [3.63, 3.8) is 0 Å². The van der Waals surface area contributed by atoms with Crippen molar-refractivity contribution in [1.29, 1.82) is 0 Å². The van der Waals surface area contributed by atoms with Gasteiger partial charge in [0.05, 0.1) is 22.3 Å². The molecule has 0 atom stereocenters. The number of hydrogen-bond donors (Lipinski definition) is 2. The molecule has 2 aromatic rings. The van der Waals surface area contributed by atoms with Gasteiger partial charge >= 0.3 is 6.01 Å². The first-order chi connectivity index (χ1) is 9.06. The third-order valence-corrected chi connectivity index (χ3v) is 3.14. The minimum atomic E-state index is 0.282. The summed E-state index contributed by atoms with van der Waals surface area (Å²) >= 11 is 12.0. The second-order valence-electron chi connectivity index (χ2n) is 4.26. The molecule has 0 saturated heterocycles. The fraction of sp³-hybridized carbons (Fsp3) is 0.333. The van der Waals surface area contributed by atoms with Crippen LogP contribution in [0.3, 0.4) is 0 Å². The fourth-order valence-electron chi connectivity index (χ4n) is 1.38. The molecule has 0 bridgehead atoms. The Morgan fingerprint density at radius 3 is 2.79 bits per heavy atom. The molecule has 0 amide bonds. The lowest BCUT2D eigenvalue weighted by Gasteiger charge is -2.05. The van der Waals surface area contributed by atoms with Crippen molar-refractivity contribution in [2.24, 2.45) is 0 Å². The molecule has 7 heteroatoms. The Bertz CT molecular complexity index is 556. The lowest BCUT2D eigenvalue weighted by Crippen LogP contribution is -2.21. The van der Waals surface area contributed by atoms with E-state index in [1.54, 1.807) is 18.2 Å². The Balaban J connectivity index is 2.05. The Morgan fingerprint density at radius 1 is 1.26 bits per heavy atom. The molecular weight excluding hydrogens is 287 g/mol. The zero-order valence-corrected chi connectivity index (χ0v) is 12.1. The predicted octanol–water partition coefficient (Wildman–Crippen LogP) is 3.62. The van der Waals surface area contributed by atoms with Gasteiger partial charge in [0.25, 0.3) is 0 Å². The summed E-state index contributed by atoms with van der Waals surface area (Å²) < 4.78 is 5.44. The molecule has 0 fully saturated rings. The summed E-state index contributed by atoms with van der Waals surface area (Å²) in [6, 6.07) is 5.91. The van der Waals surface area contributed by atoms with E-state index < -0.39 is 0 Å². The summed E-state index contributed by atoms with van der Waals surface area (Å²) in [4.78, 5) is 0. The van der Waals surface area contributed by atoms with Gasteiger partial charge in [0.1, 0.15) is 0 Å². The molecule has 19 heavy (non-hydrogen) atoms. The Hall–Kier alpha value is -1.30. The van der Waals surface area contributed by atoms with Crippen LogP contribution in [0.1, 0.15) is 19.7 Å². The third-order valence-electron chi connectivity index (χ3n) is 2.32. The van der Waals surface area contributed by atoms with E-state index in [1.165, 1.54) is 0 Å². The maximum Gasteiger partial charge on any atom is 0.320 e. The number of anilines is 2. The van der Waals surface area contributed by atoms with E-state index in [4.69, 9.17) is 27.6 Å². The molecule has 0 spiro atoms. The van der Waals surface area contributed by atoms with Crippen molar-refractivity contribution >= 4 is 34.9 Å². The van der Waals surface area contributed by atoms with Gasteiger partial charge in [-0.2, -0.15) is 0 Å². The van der Waals surface area contributed by atoms with Crippen LogP contribution in [0.5, 0.6) is 0 Å². The average molecular weight is 301 g/mol. The van der Waals surface area contributed by atoms with Crippen LogP contribution < -0.4 is 10.6 Å². The number of benzene rings is 1. The zero-order chi connectivity index (χ0) is 13.8. The van der Waals surface area contributed by atoms with Gasteiger partial charge in [-0.1, -0.05) is 48.2 Å². The lowest BCUT2D eigenvalue weighted by molar-refractivity contribution is 0.460. The topological polar surface area (TPSA) is 63.0 Å². The van der Waals surface area contributed by atoms with E-state index in [-0.39, 0.29) is 6.01 Å². The van der Waals surface area contributed by atoms with Crippen LogP contribution in [-0.4, -0.2) is 16.2 Å². The van der Waals surface area contributed by atoms with E-state index in [2.05, 4.69) is 20.8 Å². The molecule has 1 aromatic heterocycles. The van der Waals surface area contributed by atoms with Crippen LogP contribution in [-0.2, 0) is 6.54 Å². The molecule has 0 saturated carbocycles. The molecule has 102 valence electrons. The predicted molar refractivity (Wildman–Crippen MR) is 76.0 cm³/mol. The quantitative estimate of drug-likeness (QED) is 0.883. The van der Waals surface area contributed by atoms with Gasteiger partial charge in [-0.3, -0.25) is 0 Å². The highest BCUT2D eigenvalue weighted by atomic mass is 35.5. The molecule has 0 aliphatic rings. The smallest absolute Gasteiger partial charge is 0.320 e. The maximum atomic E-state index is 6.06. The van der Waals surface area contributed by atoms with Gasteiger partial charge in [-0.05, 0) is 12.1 Å². The van der Waals surface area contributed by atoms with E-state index in [9.17, 15) is 0 Å². The summed E-state index contributed by atoms with van der Waals surface area (Å²) in [6.07, 6.45) is 0. The van der Waals surface area contributed by atoms with Crippen LogP contribution in [0, 0.1) is 0 Å². The molecule has 1 heterocycles. The molecule has 0 unspecified atom stereocenters. The van der Waals surface area contributed by atoms with Crippen LogP contribution in [0.15, 0.2) is 22.6 Å². The Morgan fingerprint density at radius 2 is 2.05 bits per heavy atom. The van der Waals surface area contributed by atoms with Crippen LogP contribution in [0.4, 0.5) is 11.7 Å². The number of rotatable bonds is 5. The third kappa shape index (κ3) is 3.83. The van der Waals surface area contributed by atoms with Crippen LogP contribution >= 0.6 is 23.2 Å². The maximum absolute atomic E-state index is 6.06. The summed E-state index contributed by atoms with van der Waals surface area (Å²) in [5.41, 5.74) is 0.626. The molecule has 0 aliphatic carbocycles. The normalized spacial score (nSPS) is 11.0. The Kier molecular flexibility index (Phi) is 4.63. The van der Waals surface area contributed by atoms with Gasteiger partial charge in [0.15, 0.2) is 0 Å². The molecule has 2 N–H and O–H groups in total. The number of hydrogen-bond acceptors (Lipinski definition) is 5. The largest absolute Gasteiger partial charge is 0.406 e. The first kappa shape index (κ1) is 14.1. The molecule has 0 radical (unpaired) electrons. The minimum absolute atomic E-state index is 0.282. The van der Waals surface area contributed by atoms with E-state index >= 15 is 0 Å². The zero-order valence-electron chi connectivity index (χ0n) is 10.6. The van der Waals surface area contributed by atoms with E-state index in [1.807, 2.05) is 13.8 Å². The first-order valence-electron chi connectivity index (χ1n) is 5.83. The number of nitrogens with one attached hydrogen (secondary N) is 2.